The van der Waals surface area contributed by atoms with E-state index in [0.29, 0.717) is 0 Å². The summed E-state index contributed by atoms with van der Waals surface area (Å²) in [6.07, 6.45) is 22.9. The lowest BCUT2D eigenvalue weighted by molar-refractivity contribution is -0.0177. The molecule has 1 aliphatic rings. The predicted molar refractivity (Wildman–Crippen MR) is 102 cm³/mol. The summed E-state index contributed by atoms with van der Waals surface area (Å²) >= 11 is 0. The minimum atomic E-state index is -1.79. The summed E-state index contributed by atoms with van der Waals surface area (Å²) in [5, 5.41) is 28.1. The van der Waals surface area contributed by atoms with Gasteiger partial charge in [0.05, 0.1) is 0 Å². The molecule has 0 aliphatic carbocycles. The van der Waals surface area contributed by atoms with E-state index in [1.54, 1.807) is 0 Å². The fourth-order valence-corrected chi connectivity index (χ4v) is 3.24. The molecule has 2 atom stereocenters. The molecule has 0 aromatic carbocycles. The van der Waals surface area contributed by atoms with Gasteiger partial charge in [-0.15, -0.1) is 0 Å². The van der Waals surface area contributed by atoms with Gasteiger partial charge in [0.15, 0.2) is 0 Å². The fraction of sp³-hybridized carbons (Fsp3) is 0.905. The highest BCUT2D eigenvalue weighted by atomic mass is 16.8. The van der Waals surface area contributed by atoms with E-state index >= 15 is 0 Å². The van der Waals surface area contributed by atoms with Gasteiger partial charge in [0, 0.05) is 0 Å². The Morgan fingerprint density at radius 1 is 0.720 bits per heavy atom. The maximum atomic E-state index is 9.74. The van der Waals surface area contributed by atoms with Crippen LogP contribution >= 0.6 is 0 Å². The van der Waals surface area contributed by atoms with Gasteiger partial charge in [-0.1, -0.05) is 96.5 Å². The first-order valence-electron chi connectivity index (χ1n) is 10.5. The van der Waals surface area contributed by atoms with Gasteiger partial charge in [-0.2, -0.15) is 0 Å². The molecular weight excluding hydrogens is 316 g/mol. The molecule has 0 spiro atoms. The van der Waals surface area contributed by atoms with Gasteiger partial charge >= 0.3 is 0 Å². The lowest BCUT2D eigenvalue weighted by Crippen LogP contribution is -2.27. The van der Waals surface area contributed by atoms with Crippen LogP contribution < -0.4 is 0 Å². The molecule has 4 nitrogen and oxygen atoms in total. The third-order valence-corrected chi connectivity index (χ3v) is 5.12. The molecule has 0 radical (unpaired) electrons. The summed E-state index contributed by atoms with van der Waals surface area (Å²) in [7, 11) is 0. The van der Waals surface area contributed by atoms with E-state index in [1.807, 2.05) is 6.08 Å². The van der Waals surface area contributed by atoms with Gasteiger partial charge in [-0.25, -0.2) is 0 Å². The van der Waals surface area contributed by atoms with Crippen molar-refractivity contribution in [1.29, 1.82) is 0 Å². The predicted octanol–water partition coefficient (Wildman–Crippen LogP) is 4.81. The van der Waals surface area contributed by atoms with Gasteiger partial charge in [0.25, 0.3) is 5.79 Å². The van der Waals surface area contributed by atoms with Crippen molar-refractivity contribution in [3.63, 3.8) is 0 Å². The first-order valence-corrected chi connectivity index (χ1v) is 10.5. The summed E-state index contributed by atoms with van der Waals surface area (Å²) < 4.78 is 4.74. The second-order valence-corrected chi connectivity index (χ2v) is 7.53. The van der Waals surface area contributed by atoms with Crippen LogP contribution in [0.3, 0.4) is 0 Å². The van der Waals surface area contributed by atoms with Crippen LogP contribution in [0.2, 0.25) is 0 Å². The van der Waals surface area contributed by atoms with Gasteiger partial charge in [0.2, 0.25) is 5.79 Å². The number of aliphatic hydroxyl groups excluding tert-OH is 1. The van der Waals surface area contributed by atoms with Crippen LogP contribution in [0.25, 0.3) is 0 Å². The number of unbranched alkanes of at least 4 members (excludes halogenated alkanes) is 14. The number of allylic oxidation sites excluding steroid dienone is 1. The molecule has 3 N–H and O–H groups in total. The van der Waals surface area contributed by atoms with Crippen LogP contribution in [0.5, 0.6) is 0 Å². The Labute approximate surface area is 154 Å². The number of ether oxygens (including phenoxy) is 1. The number of epoxide rings is 1. The maximum absolute atomic E-state index is 9.74. The van der Waals surface area contributed by atoms with Gasteiger partial charge in [-0.05, 0) is 18.9 Å². The summed E-state index contributed by atoms with van der Waals surface area (Å²) in [6.45, 7) is 1.68. The van der Waals surface area contributed by atoms with Crippen LogP contribution in [0.15, 0.2) is 12.2 Å². The molecule has 1 saturated heterocycles. The van der Waals surface area contributed by atoms with Crippen molar-refractivity contribution in [2.24, 2.45) is 0 Å². The number of aliphatic hydroxyl groups is 3. The molecule has 1 aliphatic heterocycles. The van der Waals surface area contributed by atoms with E-state index in [-0.39, 0.29) is 0 Å². The highest BCUT2D eigenvalue weighted by Gasteiger charge is 2.68. The van der Waals surface area contributed by atoms with E-state index in [9.17, 15) is 10.2 Å². The number of hydrogen-bond donors (Lipinski definition) is 3. The molecule has 148 valence electrons. The normalized spacial score (nSPS) is 25.8. The van der Waals surface area contributed by atoms with Crippen LogP contribution in [0.1, 0.15) is 103 Å². The maximum Gasteiger partial charge on any atom is 0.252 e. The minimum absolute atomic E-state index is 0.591. The molecule has 1 fully saturated rings. The average Bonchev–Trinajstić information content (AvgIpc) is 3.16. The molecule has 0 saturated carbocycles. The smallest absolute Gasteiger partial charge is 0.252 e. The fourth-order valence-electron chi connectivity index (χ4n) is 3.24. The van der Waals surface area contributed by atoms with Crippen LogP contribution in [0, 0.1) is 0 Å². The summed E-state index contributed by atoms with van der Waals surface area (Å²) in [6, 6.07) is 0. The van der Waals surface area contributed by atoms with Gasteiger partial charge < -0.3 is 20.1 Å². The van der Waals surface area contributed by atoms with Crippen molar-refractivity contribution in [3.05, 3.63) is 12.2 Å². The summed E-state index contributed by atoms with van der Waals surface area (Å²) in [5.41, 5.74) is 0. The van der Waals surface area contributed by atoms with Crippen molar-refractivity contribution in [1.82, 2.24) is 0 Å². The molecule has 0 amide bonds. The lowest BCUT2D eigenvalue weighted by atomic mass is 10.0. The van der Waals surface area contributed by atoms with Crippen molar-refractivity contribution >= 4 is 0 Å². The first kappa shape index (κ1) is 22.6. The van der Waals surface area contributed by atoms with E-state index in [2.05, 4.69) is 6.92 Å². The van der Waals surface area contributed by atoms with E-state index < -0.39 is 18.2 Å². The average molecular weight is 357 g/mol. The van der Waals surface area contributed by atoms with Crippen molar-refractivity contribution in [2.45, 2.75) is 115 Å². The Morgan fingerprint density at radius 3 is 1.56 bits per heavy atom. The number of hydrogen-bond acceptors (Lipinski definition) is 4. The standard InChI is InChI=1S/C21H40O4/c1-2-3-4-5-6-7-8-9-10-11-12-13-14-15-16-17-18-20(23)21(24,19-22)25-20/h17-18,22-24H,2-16,19H2,1H3/b18-17+. The highest BCUT2D eigenvalue weighted by Crippen LogP contribution is 2.44. The van der Waals surface area contributed by atoms with E-state index in [4.69, 9.17) is 9.84 Å². The molecule has 1 heterocycles. The molecular formula is C21H40O4. The number of rotatable bonds is 17. The second kappa shape index (κ2) is 12.9. The molecule has 25 heavy (non-hydrogen) atoms. The molecule has 0 aromatic rings. The zero-order chi connectivity index (χ0) is 18.4. The topological polar surface area (TPSA) is 73.2 Å². The second-order valence-electron chi connectivity index (χ2n) is 7.53. The third-order valence-electron chi connectivity index (χ3n) is 5.12. The van der Waals surface area contributed by atoms with Crippen LogP contribution in [-0.2, 0) is 4.74 Å². The molecule has 0 aromatic heterocycles. The van der Waals surface area contributed by atoms with E-state index in [1.165, 1.54) is 89.5 Å². The summed E-state index contributed by atoms with van der Waals surface area (Å²) in [4.78, 5) is 0. The highest BCUT2D eigenvalue weighted by molar-refractivity contribution is 5.13. The molecule has 4 heteroatoms. The Hall–Kier alpha value is -0.420. The molecule has 1 rings (SSSR count). The van der Waals surface area contributed by atoms with Crippen molar-refractivity contribution < 1.29 is 20.1 Å². The third kappa shape index (κ3) is 9.18. The zero-order valence-corrected chi connectivity index (χ0v) is 16.2. The lowest BCUT2D eigenvalue weighted by Gasteiger charge is -2.03. The van der Waals surface area contributed by atoms with Gasteiger partial charge in [-0.3, -0.25) is 0 Å². The summed E-state index contributed by atoms with van der Waals surface area (Å²) in [5.74, 6) is -3.48. The van der Waals surface area contributed by atoms with E-state index in [0.717, 1.165) is 12.8 Å². The van der Waals surface area contributed by atoms with Crippen molar-refractivity contribution in [3.8, 4) is 0 Å². The minimum Gasteiger partial charge on any atom is -0.391 e. The Kier molecular flexibility index (Phi) is 11.6. The Balaban J connectivity index is 1.78. The molecule has 0 bridgehead atoms. The van der Waals surface area contributed by atoms with Crippen LogP contribution in [0.4, 0.5) is 0 Å². The van der Waals surface area contributed by atoms with Gasteiger partial charge in [0.1, 0.15) is 6.61 Å². The Bertz CT molecular complexity index is 358. The molecule has 2 unspecified atom stereocenters. The largest absolute Gasteiger partial charge is 0.391 e. The Morgan fingerprint density at radius 2 is 1.16 bits per heavy atom. The monoisotopic (exact) mass is 356 g/mol. The van der Waals surface area contributed by atoms with Crippen LogP contribution in [-0.4, -0.2) is 33.5 Å². The SMILES string of the molecule is CCCCCCCCCCCCCCCC/C=C/C1(O)OC1(O)CO. The zero-order valence-electron chi connectivity index (χ0n) is 16.2. The van der Waals surface area contributed by atoms with Crippen molar-refractivity contribution in [2.75, 3.05) is 6.61 Å². The first-order chi connectivity index (χ1) is 12.1. The quantitative estimate of drug-likeness (QED) is 0.199.